The van der Waals surface area contributed by atoms with Gasteiger partial charge in [-0.05, 0) is 251 Å². The second-order valence-corrected chi connectivity index (χ2v) is 58.1. The number of fused-ring (bicyclic) bond motifs is 8. The van der Waals surface area contributed by atoms with E-state index in [1.807, 2.05) is 0 Å². The van der Waals surface area contributed by atoms with Crippen LogP contribution in [0.5, 0.6) is 0 Å². The Labute approximate surface area is 813 Å². The van der Waals surface area contributed by atoms with E-state index in [1.54, 1.807) is 167 Å². The third-order valence-electron chi connectivity index (χ3n) is 33.8. The summed E-state index contributed by atoms with van der Waals surface area (Å²) in [6.45, 7) is 21.6. The van der Waals surface area contributed by atoms with E-state index < -0.39 is 45.1 Å². The van der Waals surface area contributed by atoms with Crippen molar-refractivity contribution in [1.82, 2.24) is 0 Å². The van der Waals surface area contributed by atoms with Crippen LogP contribution < -0.4 is 0 Å². The van der Waals surface area contributed by atoms with E-state index in [0.717, 1.165) is 117 Å². The van der Waals surface area contributed by atoms with Crippen LogP contribution in [-0.2, 0) is 99.5 Å². The van der Waals surface area contributed by atoms with Gasteiger partial charge >= 0.3 is 116 Å². The Morgan fingerprint density at radius 1 is 0.299 bits per heavy atom. The molecule has 0 spiro atoms. The topological polar surface area (TPSA) is 0 Å². The normalized spacial score (nSPS) is 35.4. The Morgan fingerprint density at radius 2 is 0.581 bits per heavy atom. The predicted molar refractivity (Wildman–Crippen MR) is 529 cm³/mol. The Morgan fingerprint density at radius 3 is 0.932 bits per heavy atom. The molecule has 0 saturated heterocycles. The maximum Gasteiger partial charge on any atom is 4.00 e. The summed E-state index contributed by atoms with van der Waals surface area (Å²) >= 11 is -0.826. The molecule has 0 nitrogen and oxygen atoms in total. The zero-order valence-corrected chi connectivity index (χ0v) is 94.1. The van der Waals surface area contributed by atoms with Gasteiger partial charge in [0.05, 0.1) is 24.2 Å². The molecule has 18 rings (SSSR count). The number of benzene rings is 2. The molecule has 0 bridgehead atoms. The van der Waals surface area contributed by atoms with E-state index in [2.05, 4.69) is 199 Å². The van der Waals surface area contributed by atoms with E-state index in [-0.39, 0.29) is 183 Å². The van der Waals surface area contributed by atoms with Crippen molar-refractivity contribution in [2.24, 2.45) is 118 Å². The van der Waals surface area contributed by atoms with Gasteiger partial charge in [0.2, 0.25) is 0 Å². The van der Waals surface area contributed by atoms with Crippen molar-refractivity contribution in [3.63, 3.8) is 0 Å². The summed E-state index contributed by atoms with van der Waals surface area (Å²) in [6, 6.07) is 22.0. The van der Waals surface area contributed by atoms with E-state index in [0.29, 0.717) is 11.8 Å². The Balaban J connectivity index is -0.000000702. The first-order valence-electron chi connectivity index (χ1n) is 43.2. The molecule has 0 radical (unpaired) electrons. The maximum absolute atomic E-state index is 4.93. The summed E-state index contributed by atoms with van der Waals surface area (Å²) in [5, 5.41) is 0. The summed E-state index contributed by atoms with van der Waals surface area (Å²) in [4.78, 5) is 0. The first-order valence-corrected chi connectivity index (χ1v) is 59.0. The van der Waals surface area contributed by atoms with E-state index in [4.69, 9.17) is 17.0 Å². The molecule has 0 aromatic heterocycles. The monoisotopic (exact) mass is 1990 g/mol. The summed E-state index contributed by atoms with van der Waals surface area (Å²) in [5.41, 5.74) is 11.8. The van der Waals surface area contributed by atoms with Gasteiger partial charge in [0.15, 0.2) is 0 Å². The van der Waals surface area contributed by atoms with Crippen LogP contribution in [0, 0.1) is 222 Å². The molecule has 16 aliphatic rings. The Bertz CT molecular complexity index is 3030. The molecule has 12 saturated carbocycles. The van der Waals surface area contributed by atoms with Gasteiger partial charge in [-0.15, -0.1) is 0 Å². The van der Waals surface area contributed by atoms with Crippen molar-refractivity contribution >= 4 is 52.4 Å². The van der Waals surface area contributed by atoms with Crippen molar-refractivity contribution in [3.8, 4) is 0 Å². The molecule has 654 valence electrons. The fraction of sp³-hybridized carbons (Fsp3) is 0.611. The minimum absolute atomic E-state index is 0. The number of halogens is 2. The van der Waals surface area contributed by atoms with Crippen LogP contribution in [0.2, 0.25) is 72.5 Å². The molecule has 16 aliphatic carbocycles. The number of allylic oxidation sites excluding steroid dienone is 16. The van der Waals surface area contributed by atoms with Crippen molar-refractivity contribution in [3.05, 3.63) is 261 Å². The van der Waals surface area contributed by atoms with Gasteiger partial charge in [-0.1, -0.05) is 327 Å². The zero-order valence-electron chi connectivity index (χ0n) is 79.8. The standard InChI is InChI=1S/C34H40Si.C20H36Si.C20H28Si.C20H34.14CH3.2ClH.4Zr/c1-23-19-33(29-17-15-27(21-31(23)29)25-11-7-5-8-12-25)35(3,4)34-20-24(2)32-22-28(16-18-30(32)34)26-13-9-6-10-14-26;2*1-21(2,19-13-11-15-7-3-5-9-17(15)19)20-14-12-16-8-4-6-10-18(16)20;1-3-7-19-15(5-1)9-11-17(19)13-14-18-12-10-16-6-2-4-8-20(16)18;;;;;;;;;;;;;;;;;;;;/h5-18,21-24,29-34H,19-20H2,1-4H3;15-20H,3-14H2,1-2H3;3-10,15-20H,11-14H2,1-2H3;15-20H,1-14H2;14*1H3;2*1H;;;;/q;;;;14*-1;;;4*+4/p-2. The van der Waals surface area contributed by atoms with Crippen LogP contribution in [0.1, 0.15) is 230 Å². The van der Waals surface area contributed by atoms with Gasteiger partial charge in [0.25, 0.3) is 0 Å². The van der Waals surface area contributed by atoms with E-state index >= 15 is 0 Å². The van der Waals surface area contributed by atoms with Crippen LogP contribution in [0.15, 0.2) is 146 Å². The molecule has 9 heteroatoms. The molecule has 2 aromatic carbocycles. The van der Waals surface area contributed by atoms with Crippen molar-refractivity contribution in [2.75, 3.05) is 0 Å². The molecule has 0 heterocycles. The molecule has 0 amide bonds. The number of hydrogen-bond acceptors (Lipinski definition) is 0. The van der Waals surface area contributed by atoms with E-state index in [9.17, 15) is 0 Å². The van der Waals surface area contributed by atoms with Gasteiger partial charge in [-0.25, -0.2) is 0 Å². The van der Waals surface area contributed by atoms with Crippen LogP contribution in [0.4, 0.5) is 0 Å². The van der Waals surface area contributed by atoms with Crippen LogP contribution in [-0.4, -0.2) is 24.2 Å². The first-order chi connectivity index (χ1) is 48.6. The quantitative estimate of drug-likeness (QED) is 0.155. The van der Waals surface area contributed by atoms with Gasteiger partial charge in [-0.3, -0.25) is 0 Å². The average Bonchev–Trinajstić information content (AvgIpc) is 1.59. The molecule has 26 atom stereocenters. The average molecular weight is 2000 g/mol. The number of hydrogen-bond donors (Lipinski definition) is 0. The predicted octanol–water partition coefficient (Wildman–Crippen LogP) is 35.5. The maximum atomic E-state index is 4.93. The van der Waals surface area contributed by atoms with Gasteiger partial charge < -0.3 is 104 Å². The molecule has 12 fully saturated rings. The van der Waals surface area contributed by atoms with Gasteiger partial charge in [0, 0.05) is 0 Å². The molecule has 117 heavy (non-hydrogen) atoms. The Kier molecular flexibility index (Phi) is 60.9. The molecule has 2 aromatic rings. The largest absolute Gasteiger partial charge is 4.00 e. The smallest absolute Gasteiger partial charge is 4.00 e. The second kappa shape index (κ2) is 57.2. The van der Waals surface area contributed by atoms with E-state index in [1.165, 1.54) is 83.7 Å². The van der Waals surface area contributed by atoms with Crippen LogP contribution in [0.25, 0.3) is 11.1 Å². The molecule has 0 N–H and O–H groups in total. The fourth-order valence-corrected chi connectivity index (χ4v) is 44.3. The molecular weight excluding hydrogens is 1820 g/mol. The van der Waals surface area contributed by atoms with Crippen molar-refractivity contribution < 1.29 is 99.5 Å². The summed E-state index contributed by atoms with van der Waals surface area (Å²) in [7, 11) is 6.09. The van der Waals surface area contributed by atoms with Crippen molar-refractivity contribution in [2.45, 2.75) is 292 Å². The minimum Gasteiger partial charge on any atom is 4.00 e. The van der Waals surface area contributed by atoms with Crippen LogP contribution in [0.3, 0.4) is 0 Å². The Hall–Kier alpha value is 1.12. The third-order valence-corrected chi connectivity index (χ3v) is 49.2. The summed E-state index contributed by atoms with van der Waals surface area (Å²) in [5.74, 6) is 19.4. The molecule has 26 unspecified atom stereocenters. The third kappa shape index (κ3) is 27.8. The second-order valence-electron chi connectivity index (χ2n) is 39.0. The zero-order chi connectivity index (χ0) is 69.1. The number of rotatable bonds is 11. The summed E-state index contributed by atoms with van der Waals surface area (Å²) < 4.78 is 0. The SMILES string of the molecule is C1CCC2C(C1)CCC2CCC1CCC2CCCCC21.CC1CC([Si](C)(C)C2CC(C)C3C=C(c4ccccc4)C=CC32)C2C=CC(c3ccccc3)=CC12.C[Si](C)(C1CCC2C=CC=CC21)C1CCC2C=CC=CC21.C[Si](C)(C1CCC2CCCCC21)C1CCC2CCCCC21.[CH3-].[CH3-].[CH3-].[CH3-].[CH3-].[CH3-].[CH3-].[CH3-].[CH3-].[CH3-].[CH3-].[CH3-].[CH3-].[CH3-].[Cl][Zr+2][Cl].[Zr+4].[Zr+4].[Zr+4]. The van der Waals surface area contributed by atoms with Crippen LogP contribution >= 0.6 is 17.0 Å². The summed E-state index contributed by atoms with van der Waals surface area (Å²) in [6.07, 6.45) is 84.4. The first kappa shape index (κ1) is 124. The van der Waals surface area contributed by atoms with Crippen molar-refractivity contribution in [1.29, 1.82) is 0 Å². The van der Waals surface area contributed by atoms with Gasteiger partial charge in [-0.2, -0.15) is 0 Å². The minimum atomic E-state index is -1.50. The fourth-order valence-electron chi connectivity index (χ4n) is 28.6. The molecular formula is C108H180Cl2Si3Zr4. The van der Waals surface area contributed by atoms with Gasteiger partial charge in [0.1, 0.15) is 0 Å². The molecule has 0 aliphatic heterocycles.